The summed E-state index contributed by atoms with van der Waals surface area (Å²) in [4.78, 5) is 0. The highest BCUT2D eigenvalue weighted by molar-refractivity contribution is 6.31. The van der Waals surface area contributed by atoms with Crippen LogP contribution < -0.4 is 10.1 Å². The van der Waals surface area contributed by atoms with Gasteiger partial charge in [0.05, 0.1) is 12.1 Å². The summed E-state index contributed by atoms with van der Waals surface area (Å²) in [6.45, 7) is 0.846. The second kappa shape index (κ2) is 5.10. The van der Waals surface area contributed by atoms with E-state index in [1.807, 2.05) is 0 Å². The summed E-state index contributed by atoms with van der Waals surface area (Å²) >= 11 is 5.93. The Morgan fingerprint density at radius 2 is 2.29 bits per heavy atom. The summed E-state index contributed by atoms with van der Waals surface area (Å²) in [5.41, 5.74) is 0.406. The first-order valence-electron chi connectivity index (χ1n) is 5.63. The van der Waals surface area contributed by atoms with E-state index in [9.17, 15) is 9.50 Å². The van der Waals surface area contributed by atoms with Crippen LogP contribution in [-0.2, 0) is 0 Å². The average Bonchev–Trinajstić information content (AvgIpc) is 2.35. The summed E-state index contributed by atoms with van der Waals surface area (Å²) in [7, 11) is 1.39. The topological polar surface area (TPSA) is 41.5 Å². The van der Waals surface area contributed by atoms with Crippen LogP contribution in [0.25, 0.3) is 0 Å². The largest absolute Gasteiger partial charge is 0.504 e. The van der Waals surface area contributed by atoms with Gasteiger partial charge in [-0.3, -0.25) is 0 Å². The predicted octanol–water partition coefficient (Wildman–Crippen LogP) is 3.01. The lowest BCUT2D eigenvalue weighted by Gasteiger charge is -2.26. The lowest BCUT2D eigenvalue weighted by atomic mass is 9.96. The molecule has 3 nitrogen and oxygen atoms in total. The molecule has 2 rings (SSSR count). The number of methoxy groups -OCH3 is 1. The molecule has 0 saturated carbocycles. The Bertz CT molecular complexity index is 419. The molecule has 1 aromatic rings. The number of benzene rings is 1. The zero-order valence-electron chi connectivity index (χ0n) is 9.59. The molecule has 0 amide bonds. The molecule has 5 heteroatoms. The first-order valence-corrected chi connectivity index (χ1v) is 6.01. The van der Waals surface area contributed by atoms with Crippen molar-refractivity contribution in [2.75, 3.05) is 13.7 Å². The second-order valence-corrected chi connectivity index (χ2v) is 4.52. The van der Waals surface area contributed by atoms with Crippen molar-refractivity contribution in [2.45, 2.75) is 25.3 Å². The van der Waals surface area contributed by atoms with Crippen LogP contribution in [0.1, 0.15) is 30.9 Å². The van der Waals surface area contributed by atoms with Crippen LogP contribution >= 0.6 is 11.6 Å². The number of nitrogens with one attached hydrogen (secondary N) is 1. The maximum absolute atomic E-state index is 13.6. The van der Waals surface area contributed by atoms with Crippen LogP contribution in [-0.4, -0.2) is 18.8 Å². The highest BCUT2D eigenvalue weighted by atomic mass is 35.5. The lowest BCUT2D eigenvalue weighted by molar-refractivity contribution is 0.351. The molecule has 1 unspecified atom stereocenters. The SMILES string of the molecule is COc1cc(F)c(Cl)c(C2CCCCN2)c1O. The molecule has 0 aliphatic carbocycles. The van der Waals surface area contributed by atoms with Crippen molar-refractivity contribution in [3.8, 4) is 11.5 Å². The Hall–Kier alpha value is -1.00. The molecule has 1 heterocycles. The first-order chi connectivity index (χ1) is 8.15. The maximum Gasteiger partial charge on any atom is 0.164 e. The van der Waals surface area contributed by atoms with E-state index in [1.54, 1.807) is 0 Å². The van der Waals surface area contributed by atoms with Crippen LogP contribution in [0.2, 0.25) is 5.02 Å². The Labute approximate surface area is 105 Å². The maximum atomic E-state index is 13.6. The van der Waals surface area contributed by atoms with Crippen LogP contribution in [0.5, 0.6) is 11.5 Å². The van der Waals surface area contributed by atoms with E-state index in [2.05, 4.69) is 5.32 Å². The van der Waals surface area contributed by atoms with Crippen LogP contribution in [0.15, 0.2) is 6.07 Å². The van der Waals surface area contributed by atoms with Crippen LogP contribution in [0.4, 0.5) is 4.39 Å². The number of aromatic hydroxyl groups is 1. The monoisotopic (exact) mass is 259 g/mol. The van der Waals surface area contributed by atoms with Gasteiger partial charge in [0.15, 0.2) is 11.5 Å². The third-order valence-electron chi connectivity index (χ3n) is 3.07. The molecule has 0 bridgehead atoms. The van der Waals surface area contributed by atoms with Gasteiger partial charge in [-0.05, 0) is 19.4 Å². The van der Waals surface area contributed by atoms with Gasteiger partial charge in [-0.25, -0.2) is 4.39 Å². The van der Waals surface area contributed by atoms with Gasteiger partial charge >= 0.3 is 0 Å². The summed E-state index contributed by atoms with van der Waals surface area (Å²) < 4.78 is 18.5. The third kappa shape index (κ3) is 2.33. The molecule has 17 heavy (non-hydrogen) atoms. The minimum absolute atomic E-state index is 0.0253. The fourth-order valence-corrected chi connectivity index (χ4v) is 2.46. The molecular weight excluding hydrogens is 245 g/mol. The van der Waals surface area contributed by atoms with E-state index in [0.717, 1.165) is 31.9 Å². The molecule has 2 N–H and O–H groups in total. The van der Waals surface area contributed by atoms with Crippen molar-refractivity contribution in [3.63, 3.8) is 0 Å². The van der Waals surface area contributed by atoms with E-state index < -0.39 is 5.82 Å². The highest BCUT2D eigenvalue weighted by Crippen LogP contribution is 2.42. The highest BCUT2D eigenvalue weighted by Gasteiger charge is 2.25. The Balaban J connectivity index is 2.46. The van der Waals surface area contributed by atoms with E-state index in [-0.39, 0.29) is 22.6 Å². The number of rotatable bonds is 2. The number of piperidine rings is 1. The molecule has 1 fully saturated rings. The normalized spacial score (nSPS) is 20.3. The smallest absolute Gasteiger partial charge is 0.164 e. The summed E-state index contributed by atoms with van der Waals surface area (Å²) in [5.74, 6) is -0.517. The first kappa shape index (κ1) is 12.5. The van der Waals surface area contributed by atoms with Gasteiger partial charge in [-0.2, -0.15) is 0 Å². The van der Waals surface area contributed by atoms with Crippen molar-refractivity contribution in [3.05, 3.63) is 22.5 Å². The number of phenolic OH excluding ortho intramolecular Hbond substituents is 1. The van der Waals surface area contributed by atoms with Gasteiger partial charge in [-0.1, -0.05) is 18.0 Å². The molecule has 0 spiro atoms. The number of hydrogen-bond donors (Lipinski definition) is 2. The quantitative estimate of drug-likeness (QED) is 0.858. The fraction of sp³-hybridized carbons (Fsp3) is 0.500. The molecule has 0 aromatic heterocycles. The number of ether oxygens (including phenoxy) is 1. The Morgan fingerprint density at radius 3 is 2.88 bits per heavy atom. The third-order valence-corrected chi connectivity index (χ3v) is 3.46. The second-order valence-electron chi connectivity index (χ2n) is 4.14. The minimum atomic E-state index is -0.566. The molecule has 1 aromatic carbocycles. The molecule has 1 atom stereocenters. The fourth-order valence-electron chi connectivity index (χ4n) is 2.18. The van der Waals surface area contributed by atoms with E-state index in [0.29, 0.717) is 5.56 Å². The lowest BCUT2D eigenvalue weighted by Crippen LogP contribution is -2.27. The van der Waals surface area contributed by atoms with Crippen LogP contribution in [0.3, 0.4) is 0 Å². The summed E-state index contributed by atoms with van der Waals surface area (Å²) in [6, 6.07) is 0.991. The van der Waals surface area contributed by atoms with Gasteiger partial charge in [0.2, 0.25) is 0 Å². The Kier molecular flexibility index (Phi) is 3.74. The van der Waals surface area contributed by atoms with Gasteiger partial charge in [0, 0.05) is 17.7 Å². The summed E-state index contributed by atoms with van der Waals surface area (Å²) in [5, 5.41) is 13.2. The predicted molar refractivity (Wildman–Crippen MR) is 64.2 cm³/mol. The molecular formula is C12H15ClFNO2. The van der Waals surface area contributed by atoms with Crippen molar-refractivity contribution in [1.82, 2.24) is 5.32 Å². The van der Waals surface area contributed by atoms with E-state index in [4.69, 9.17) is 16.3 Å². The Morgan fingerprint density at radius 1 is 1.53 bits per heavy atom. The zero-order valence-corrected chi connectivity index (χ0v) is 10.4. The molecule has 0 radical (unpaired) electrons. The van der Waals surface area contributed by atoms with Crippen LogP contribution in [0, 0.1) is 5.82 Å². The minimum Gasteiger partial charge on any atom is -0.504 e. The van der Waals surface area contributed by atoms with Crippen molar-refractivity contribution < 1.29 is 14.2 Å². The van der Waals surface area contributed by atoms with Crippen molar-refractivity contribution in [2.24, 2.45) is 0 Å². The zero-order chi connectivity index (χ0) is 12.4. The average molecular weight is 260 g/mol. The molecule has 1 aliphatic heterocycles. The van der Waals surface area contributed by atoms with Gasteiger partial charge in [0.25, 0.3) is 0 Å². The number of halogens is 2. The standard InChI is InChI=1S/C12H15ClFNO2/c1-17-9-6-7(14)11(13)10(12(9)16)8-4-2-3-5-15-8/h6,8,15-16H,2-5H2,1H3. The molecule has 1 aliphatic rings. The van der Waals surface area contributed by atoms with E-state index in [1.165, 1.54) is 7.11 Å². The van der Waals surface area contributed by atoms with Gasteiger partial charge in [0.1, 0.15) is 5.82 Å². The van der Waals surface area contributed by atoms with Crippen molar-refractivity contribution >= 4 is 11.6 Å². The van der Waals surface area contributed by atoms with Gasteiger partial charge < -0.3 is 15.2 Å². The van der Waals surface area contributed by atoms with E-state index >= 15 is 0 Å². The molecule has 1 saturated heterocycles. The molecule has 94 valence electrons. The van der Waals surface area contributed by atoms with Gasteiger partial charge in [-0.15, -0.1) is 0 Å². The van der Waals surface area contributed by atoms with Crippen molar-refractivity contribution in [1.29, 1.82) is 0 Å². The number of hydrogen-bond acceptors (Lipinski definition) is 3. The summed E-state index contributed by atoms with van der Waals surface area (Å²) in [6.07, 6.45) is 2.95. The number of phenols is 1.